The maximum absolute atomic E-state index is 13.7. The summed E-state index contributed by atoms with van der Waals surface area (Å²) in [6.07, 6.45) is 0. The molecule has 7 nitrogen and oxygen atoms in total. The van der Waals surface area contributed by atoms with E-state index in [1.165, 1.54) is 34.6 Å². The Bertz CT molecular complexity index is 1130. The number of hydrogen-bond donors (Lipinski definition) is 1. The second kappa shape index (κ2) is 7.80. The maximum atomic E-state index is 13.7. The second-order valence-electron chi connectivity index (χ2n) is 7.04. The molecule has 1 heterocycles. The highest BCUT2D eigenvalue weighted by Gasteiger charge is 2.49. The molecule has 0 aromatic heterocycles. The quantitative estimate of drug-likeness (QED) is 0.732. The molecule has 1 aliphatic rings. The lowest BCUT2D eigenvalue weighted by atomic mass is 9.83. The van der Waals surface area contributed by atoms with Gasteiger partial charge < -0.3 is 9.84 Å². The number of benzene rings is 2. The van der Waals surface area contributed by atoms with Gasteiger partial charge in [-0.25, -0.2) is 17.7 Å². The van der Waals surface area contributed by atoms with Crippen LogP contribution in [-0.4, -0.2) is 44.1 Å². The fraction of sp³-hybridized carbons (Fsp3) is 0.300. The van der Waals surface area contributed by atoms with Gasteiger partial charge in [0.15, 0.2) is 0 Å². The van der Waals surface area contributed by atoms with Crippen molar-refractivity contribution in [3.63, 3.8) is 0 Å². The minimum Gasteiger partial charge on any atom is -0.493 e. The number of sulfonamides is 1. The Kier molecular flexibility index (Phi) is 5.58. The van der Waals surface area contributed by atoms with Crippen molar-refractivity contribution in [2.24, 2.45) is 5.41 Å². The standard InChI is InChI=1S/C20H18FN3O4S/c1-14-7-15(9-22)3-6-19(14)29(26,27)24-10-20(11-24,12-25)13-28-16-4-5-18(23-2)17(21)8-16/h3-8,25H,10-13H2,1H3. The summed E-state index contributed by atoms with van der Waals surface area (Å²) in [5.41, 5.74) is -0.0765. The Labute approximate surface area is 168 Å². The summed E-state index contributed by atoms with van der Waals surface area (Å²) in [7, 11) is -3.77. The van der Waals surface area contributed by atoms with Gasteiger partial charge in [-0.15, -0.1) is 0 Å². The van der Waals surface area contributed by atoms with Crippen molar-refractivity contribution < 1.29 is 22.7 Å². The number of halogens is 1. The molecular formula is C20H18FN3O4S. The van der Waals surface area contributed by atoms with Crippen LogP contribution in [0.25, 0.3) is 4.85 Å². The molecule has 1 saturated heterocycles. The van der Waals surface area contributed by atoms with E-state index < -0.39 is 21.3 Å². The summed E-state index contributed by atoms with van der Waals surface area (Å²) in [5, 5.41) is 18.7. The molecule has 3 rings (SSSR count). The number of nitriles is 1. The highest BCUT2D eigenvalue weighted by atomic mass is 32.2. The molecular weight excluding hydrogens is 397 g/mol. The van der Waals surface area contributed by atoms with Crippen molar-refractivity contribution in [1.82, 2.24) is 4.31 Å². The largest absolute Gasteiger partial charge is 0.493 e. The van der Waals surface area contributed by atoms with Gasteiger partial charge in [-0.3, -0.25) is 0 Å². The molecule has 2 aromatic carbocycles. The number of aliphatic hydroxyl groups is 1. The summed E-state index contributed by atoms with van der Waals surface area (Å²) >= 11 is 0. The third-order valence-corrected chi connectivity index (χ3v) is 6.82. The summed E-state index contributed by atoms with van der Waals surface area (Å²) in [5.74, 6) is -0.503. The van der Waals surface area contributed by atoms with Crippen LogP contribution in [-0.2, 0) is 10.0 Å². The Morgan fingerprint density at radius 1 is 1.34 bits per heavy atom. The van der Waals surface area contributed by atoms with E-state index in [4.69, 9.17) is 16.6 Å². The van der Waals surface area contributed by atoms with E-state index in [1.807, 2.05) is 6.07 Å². The zero-order chi connectivity index (χ0) is 21.2. The van der Waals surface area contributed by atoms with Gasteiger partial charge in [0.05, 0.1) is 41.7 Å². The van der Waals surface area contributed by atoms with Gasteiger partial charge in [-0.1, -0.05) is 0 Å². The predicted molar refractivity (Wildman–Crippen MR) is 102 cm³/mol. The molecule has 150 valence electrons. The van der Waals surface area contributed by atoms with Crippen LogP contribution < -0.4 is 4.74 Å². The minimum absolute atomic E-state index is 0.00131. The molecule has 1 aliphatic heterocycles. The summed E-state index contributed by atoms with van der Waals surface area (Å²) < 4.78 is 46.2. The molecule has 0 bridgehead atoms. The van der Waals surface area contributed by atoms with E-state index in [0.717, 1.165) is 6.07 Å². The van der Waals surface area contributed by atoms with Crippen molar-refractivity contribution in [3.8, 4) is 11.8 Å². The summed E-state index contributed by atoms with van der Waals surface area (Å²) in [6.45, 7) is 8.27. The molecule has 0 spiro atoms. The molecule has 0 aliphatic carbocycles. The topological polar surface area (TPSA) is 95.0 Å². The second-order valence-corrected chi connectivity index (χ2v) is 8.94. The molecule has 0 unspecified atom stereocenters. The summed E-state index contributed by atoms with van der Waals surface area (Å²) in [6, 6.07) is 10.2. The lowest BCUT2D eigenvalue weighted by Gasteiger charge is -2.47. The van der Waals surface area contributed by atoms with Crippen molar-refractivity contribution in [1.29, 1.82) is 5.26 Å². The number of aryl methyl sites for hydroxylation is 1. The lowest BCUT2D eigenvalue weighted by Crippen LogP contribution is -2.62. The average molecular weight is 415 g/mol. The number of aliphatic hydroxyl groups excluding tert-OH is 1. The first-order valence-electron chi connectivity index (χ1n) is 8.66. The molecule has 9 heteroatoms. The van der Waals surface area contributed by atoms with E-state index >= 15 is 0 Å². The van der Waals surface area contributed by atoms with Crippen LogP contribution in [0.15, 0.2) is 41.3 Å². The third-order valence-electron chi connectivity index (χ3n) is 4.87. The highest BCUT2D eigenvalue weighted by molar-refractivity contribution is 7.89. The highest BCUT2D eigenvalue weighted by Crippen LogP contribution is 2.36. The van der Waals surface area contributed by atoms with Crippen molar-refractivity contribution >= 4 is 15.7 Å². The van der Waals surface area contributed by atoms with E-state index in [2.05, 4.69) is 4.85 Å². The normalized spacial score (nSPS) is 15.8. The average Bonchev–Trinajstić information content (AvgIpc) is 2.67. The number of hydrogen-bond acceptors (Lipinski definition) is 5. The molecule has 1 N–H and O–H groups in total. The van der Waals surface area contributed by atoms with E-state index in [-0.39, 0.29) is 42.6 Å². The van der Waals surface area contributed by atoms with Crippen LogP contribution in [0.2, 0.25) is 0 Å². The van der Waals surface area contributed by atoms with Crippen LogP contribution >= 0.6 is 0 Å². The van der Waals surface area contributed by atoms with Crippen LogP contribution in [0.5, 0.6) is 5.75 Å². The minimum atomic E-state index is -3.77. The van der Waals surface area contributed by atoms with Gasteiger partial charge >= 0.3 is 0 Å². The zero-order valence-electron chi connectivity index (χ0n) is 15.6. The van der Waals surface area contributed by atoms with E-state index in [1.54, 1.807) is 6.92 Å². The fourth-order valence-corrected chi connectivity index (χ4v) is 5.03. The van der Waals surface area contributed by atoms with Crippen LogP contribution in [0, 0.1) is 36.1 Å². The Hall–Kier alpha value is -2.98. The van der Waals surface area contributed by atoms with Crippen LogP contribution in [0.4, 0.5) is 10.1 Å². The molecule has 2 aromatic rings. The first-order chi connectivity index (χ1) is 13.7. The van der Waals surface area contributed by atoms with Gasteiger partial charge in [0.2, 0.25) is 15.7 Å². The van der Waals surface area contributed by atoms with Crippen LogP contribution in [0.1, 0.15) is 11.1 Å². The Morgan fingerprint density at radius 2 is 2.07 bits per heavy atom. The van der Waals surface area contributed by atoms with Gasteiger partial charge in [0.1, 0.15) is 11.6 Å². The van der Waals surface area contributed by atoms with Crippen molar-refractivity contribution in [2.75, 3.05) is 26.3 Å². The molecule has 0 atom stereocenters. The Balaban J connectivity index is 1.70. The van der Waals surface area contributed by atoms with E-state index in [0.29, 0.717) is 11.1 Å². The smallest absolute Gasteiger partial charge is 0.243 e. The monoisotopic (exact) mass is 415 g/mol. The molecule has 0 radical (unpaired) electrons. The van der Waals surface area contributed by atoms with Crippen molar-refractivity contribution in [2.45, 2.75) is 11.8 Å². The molecule has 0 saturated carbocycles. The first kappa shape index (κ1) is 20.7. The van der Waals surface area contributed by atoms with Gasteiger partial charge in [-0.2, -0.15) is 9.57 Å². The lowest BCUT2D eigenvalue weighted by molar-refractivity contribution is -0.0273. The number of rotatable bonds is 6. The van der Waals surface area contributed by atoms with Gasteiger partial charge in [0.25, 0.3) is 0 Å². The van der Waals surface area contributed by atoms with Gasteiger partial charge in [0, 0.05) is 19.2 Å². The number of nitrogens with zero attached hydrogens (tertiary/aromatic N) is 3. The van der Waals surface area contributed by atoms with E-state index in [9.17, 15) is 17.9 Å². The molecule has 29 heavy (non-hydrogen) atoms. The predicted octanol–water partition coefficient (Wildman–Crippen LogP) is 2.62. The molecule has 1 fully saturated rings. The number of ether oxygens (including phenoxy) is 1. The van der Waals surface area contributed by atoms with Gasteiger partial charge in [-0.05, 0) is 42.8 Å². The summed E-state index contributed by atoms with van der Waals surface area (Å²) in [4.78, 5) is 3.15. The zero-order valence-corrected chi connectivity index (χ0v) is 16.4. The first-order valence-corrected chi connectivity index (χ1v) is 10.1. The Morgan fingerprint density at radius 3 is 2.62 bits per heavy atom. The fourth-order valence-electron chi connectivity index (χ4n) is 3.16. The van der Waals surface area contributed by atoms with Crippen molar-refractivity contribution in [3.05, 3.63) is 64.8 Å². The van der Waals surface area contributed by atoms with Crippen LogP contribution in [0.3, 0.4) is 0 Å². The molecule has 0 amide bonds. The third kappa shape index (κ3) is 3.94. The SMILES string of the molecule is [C-]#[N+]c1ccc(OCC2(CO)CN(S(=O)(=O)c3ccc(C#N)cc3C)C2)cc1F. The maximum Gasteiger partial charge on any atom is 0.243 e.